The van der Waals surface area contributed by atoms with Gasteiger partial charge in [0.1, 0.15) is 12.0 Å². The molecule has 5 heteroatoms. The lowest BCUT2D eigenvalue weighted by molar-refractivity contribution is 0.399. The van der Waals surface area contributed by atoms with E-state index in [2.05, 4.69) is 15.3 Å². The zero-order valence-electron chi connectivity index (χ0n) is 10.0. The molecule has 1 aromatic rings. The third-order valence-corrected chi connectivity index (χ3v) is 4.10. The Hall–Kier alpha value is -1.52. The average Bonchev–Trinajstić information content (AvgIpc) is 2.94. The van der Waals surface area contributed by atoms with E-state index in [-0.39, 0.29) is 0 Å². The van der Waals surface area contributed by atoms with E-state index >= 15 is 0 Å². The fourth-order valence-electron chi connectivity index (χ4n) is 3.25. The number of hydrogen-bond acceptors (Lipinski definition) is 5. The lowest BCUT2D eigenvalue weighted by atomic mass is 9.95. The van der Waals surface area contributed by atoms with E-state index in [0.29, 0.717) is 17.6 Å². The van der Waals surface area contributed by atoms with Gasteiger partial charge in [0.15, 0.2) is 5.82 Å². The molecule has 3 N–H and O–H groups in total. The smallest absolute Gasteiger partial charge is 0.242 e. The van der Waals surface area contributed by atoms with Crippen molar-refractivity contribution in [3.05, 3.63) is 6.33 Å². The summed E-state index contributed by atoms with van der Waals surface area (Å²) in [6.07, 6.45) is 6.83. The molecule has 1 aromatic heterocycles. The van der Waals surface area contributed by atoms with Crippen LogP contribution in [0.1, 0.15) is 25.7 Å². The molecule has 0 aromatic carbocycles. The van der Waals surface area contributed by atoms with Gasteiger partial charge in [-0.25, -0.2) is 4.98 Å². The first-order valence-electron chi connectivity index (χ1n) is 6.19. The second-order valence-electron chi connectivity index (χ2n) is 5.07. The second-order valence-corrected chi connectivity index (χ2v) is 5.07. The number of fused-ring (bicyclic) bond motifs is 2. The van der Waals surface area contributed by atoms with Gasteiger partial charge in [-0.15, -0.1) is 0 Å². The van der Waals surface area contributed by atoms with E-state index in [0.717, 1.165) is 17.7 Å². The highest BCUT2D eigenvalue weighted by molar-refractivity contribution is 5.66. The summed E-state index contributed by atoms with van der Waals surface area (Å²) in [6.45, 7) is 0. The van der Waals surface area contributed by atoms with E-state index in [9.17, 15) is 0 Å². The summed E-state index contributed by atoms with van der Waals surface area (Å²) in [5.41, 5.74) is 6.47. The predicted molar refractivity (Wildman–Crippen MR) is 65.9 cm³/mol. The Balaban J connectivity index is 1.77. The Labute approximate surface area is 101 Å². The van der Waals surface area contributed by atoms with Gasteiger partial charge in [-0.3, -0.25) is 0 Å². The Morgan fingerprint density at radius 3 is 2.88 bits per heavy atom. The number of nitrogens with one attached hydrogen (secondary N) is 1. The molecule has 0 radical (unpaired) electrons. The topological polar surface area (TPSA) is 73.1 Å². The van der Waals surface area contributed by atoms with Gasteiger partial charge in [0, 0.05) is 6.04 Å². The summed E-state index contributed by atoms with van der Waals surface area (Å²) < 4.78 is 5.10. The number of nitrogens with two attached hydrogens (primary N) is 1. The normalized spacial score (nSPS) is 30.5. The predicted octanol–water partition coefficient (Wildman–Crippen LogP) is 1.67. The number of ether oxygens (including phenoxy) is 1. The van der Waals surface area contributed by atoms with E-state index in [1.165, 1.54) is 32.0 Å². The summed E-state index contributed by atoms with van der Waals surface area (Å²) in [5, 5.41) is 3.46. The fraction of sp³-hybridized carbons (Fsp3) is 0.667. The first-order valence-corrected chi connectivity index (χ1v) is 6.19. The minimum Gasteiger partial charge on any atom is -0.479 e. The van der Waals surface area contributed by atoms with Crippen LogP contribution >= 0.6 is 0 Å². The molecule has 0 aliphatic heterocycles. The molecule has 5 nitrogen and oxygen atoms in total. The van der Waals surface area contributed by atoms with Gasteiger partial charge in [0.25, 0.3) is 0 Å². The van der Waals surface area contributed by atoms with Crippen LogP contribution in [-0.2, 0) is 0 Å². The van der Waals surface area contributed by atoms with E-state index in [1.807, 2.05) is 0 Å². The van der Waals surface area contributed by atoms with Crippen molar-refractivity contribution in [1.82, 2.24) is 9.97 Å². The Bertz CT molecular complexity index is 423. The molecule has 3 rings (SSSR count). The van der Waals surface area contributed by atoms with Crippen molar-refractivity contribution in [2.75, 3.05) is 18.2 Å². The second kappa shape index (κ2) is 4.05. The lowest BCUT2D eigenvalue weighted by Gasteiger charge is -2.24. The van der Waals surface area contributed by atoms with Crippen molar-refractivity contribution in [3.63, 3.8) is 0 Å². The molecule has 2 bridgehead atoms. The van der Waals surface area contributed by atoms with E-state index in [4.69, 9.17) is 10.5 Å². The first-order chi connectivity index (χ1) is 8.28. The van der Waals surface area contributed by atoms with Crippen LogP contribution in [-0.4, -0.2) is 23.1 Å². The van der Waals surface area contributed by atoms with E-state index < -0.39 is 0 Å². The van der Waals surface area contributed by atoms with Gasteiger partial charge < -0.3 is 15.8 Å². The van der Waals surface area contributed by atoms with Crippen LogP contribution < -0.4 is 15.8 Å². The monoisotopic (exact) mass is 234 g/mol. The molecule has 92 valence electrons. The molecule has 0 saturated heterocycles. The maximum atomic E-state index is 5.96. The van der Waals surface area contributed by atoms with Crippen molar-refractivity contribution in [2.24, 2.45) is 11.8 Å². The summed E-state index contributed by atoms with van der Waals surface area (Å²) in [4.78, 5) is 8.19. The molecule has 2 aliphatic carbocycles. The highest BCUT2D eigenvalue weighted by Crippen LogP contribution is 2.45. The molecule has 0 amide bonds. The Kier molecular flexibility index (Phi) is 2.53. The summed E-state index contributed by atoms with van der Waals surface area (Å²) in [5.74, 6) is 2.86. The molecule has 1 heterocycles. The van der Waals surface area contributed by atoms with Gasteiger partial charge in [-0.1, -0.05) is 6.42 Å². The van der Waals surface area contributed by atoms with Crippen LogP contribution in [0.25, 0.3) is 0 Å². The quantitative estimate of drug-likeness (QED) is 0.832. The number of nitrogen functional groups attached to an aromatic ring is 1. The lowest BCUT2D eigenvalue weighted by Crippen LogP contribution is -2.27. The summed E-state index contributed by atoms with van der Waals surface area (Å²) >= 11 is 0. The molecule has 2 saturated carbocycles. The molecular formula is C12H18N4O. The standard InChI is InChI=1S/C12H18N4O/c1-17-12-10(13)11(14-6-15-12)16-9-5-7-2-3-8(9)4-7/h6-9H,2-5,13H2,1H3,(H,14,15,16). The van der Waals surface area contributed by atoms with Gasteiger partial charge in [0.05, 0.1) is 7.11 Å². The molecule has 0 spiro atoms. The minimum absolute atomic E-state index is 0.450. The third kappa shape index (κ3) is 1.79. The molecule has 3 unspecified atom stereocenters. The van der Waals surface area contributed by atoms with E-state index in [1.54, 1.807) is 7.11 Å². The van der Waals surface area contributed by atoms with Gasteiger partial charge in [-0.05, 0) is 31.1 Å². The van der Waals surface area contributed by atoms with Crippen molar-refractivity contribution >= 4 is 11.5 Å². The number of anilines is 2. The Morgan fingerprint density at radius 2 is 2.24 bits per heavy atom. The summed E-state index contributed by atoms with van der Waals surface area (Å²) in [7, 11) is 1.57. The number of nitrogens with zero attached hydrogens (tertiary/aromatic N) is 2. The van der Waals surface area contributed by atoms with Gasteiger partial charge in [0.2, 0.25) is 5.88 Å². The third-order valence-electron chi connectivity index (χ3n) is 4.10. The zero-order valence-corrected chi connectivity index (χ0v) is 10.0. The first kappa shape index (κ1) is 10.6. The summed E-state index contributed by atoms with van der Waals surface area (Å²) in [6, 6.07) is 0.524. The van der Waals surface area contributed by atoms with Gasteiger partial charge >= 0.3 is 0 Å². The number of methoxy groups -OCH3 is 1. The molecular weight excluding hydrogens is 216 g/mol. The zero-order chi connectivity index (χ0) is 11.8. The largest absolute Gasteiger partial charge is 0.479 e. The Morgan fingerprint density at radius 1 is 1.35 bits per heavy atom. The van der Waals surface area contributed by atoms with Crippen molar-refractivity contribution in [3.8, 4) is 5.88 Å². The van der Waals surface area contributed by atoms with Gasteiger partial charge in [-0.2, -0.15) is 4.98 Å². The maximum Gasteiger partial charge on any atom is 0.242 e. The number of hydrogen-bond donors (Lipinski definition) is 2. The SMILES string of the molecule is COc1ncnc(NC2CC3CCC2C3)c1N. The average molecular weight is 234 g/mol. The van der Waals surface area contributed by atoms with Crippen molar-refractivity contribution in [2.45, 2.75) is 31.7 Å². The highest BCUT2D eigenvalue weighted by Gasteiger charge is 2.39. The maximum absolute atomic E-state index is 5.96. The molecule has 17 heavy (non-hydrogen) atoms. The van der Waals surface area contributed by atoms with Crippen molar-refractivity contribution < 1.29 is 4.74 Å². The number of aromatic nitrogens is 2. The van der Waals surface area contributed by atoms with Crippen LogP contribution in [0.15, 0.2) is 6.33 Å². The van der Waals surface area contributed by atoms with Crippen LogP contribution in [0, 0.1) is 11.8 Å². The van der Waals surface area contributed by atoms with Crippen LogP contribution in [0.3, 0.4) is 0 Å². The fourth-order valence-corrected chi connectivity index (χ4v) is 3.25. The minimum atomic E-state index is 0.450. The van der Waals surface area contributed by atoms with Crippen molar-refractivity contribution in [1.29, 1.82) is 0 Å². The number of rotatable bonds is 3. The molecule has 3 atom stereocenters. The van der Waals surface area contributed by atoms with Crippen LogP contribution in [0.5, 0.6) is 5.88 Å². The molecule has 2 aliphatic rings. The van der Waals surface area contributed by atoms with Crippen LogP contribution in [0.4, 0.5) is 11.5 Å². The van der Waals surface area contributed by atoms with Crippen LogP contribution in [0.2, 0.25) is 0 Å². The molecule has 2 fully saturated rings. The highest BCUT2D eigenvalue weighted by atomic mass is 16.5.